The maximum absolute atomic E-state index is 12.1. The Bertz CT molecular complexity index is 345. The molecule has 0 spiro atoms. The van der Waals surface area contributed by atoms with Crippen molar-refractivity contribution in [2.24, 2.45) is 17.1 Å². The standard InChI is InChI=1S/C14H25N3O2/c1-11-7-14(8-11,10-15)13(19)16-9-12(18)17-5-3-2-4-6-17/h11H,2-10,15H2,1H3,(H,16,19). The molecule has 108 valence electrons. The van der Waals surface area contributed by atoms with Crippen LogP contribution in [0.3, 0.4) is 0 Å². The summed E-state index contributed by atoms with van der Waals surface area (Å²) >= 11 is 0. The fourth-order valence-electron chi connectivity index (χ4n) is 3.32. The Morgan fingerprint density at radius 2 is 1.89 bits per heavy atom. The van der Waals surface area contributed by atoms with Gasteiger partial charge in [0.25, 0.3) is 0 Å². The van der Waals surface area contributed by atoms with Gasteiger partial charge in [-0.25, -0.2) is 0 Å². The third kappa shape index (κ3) is 3.08. The smallest absolute Gasteiger partial charge is 0.241 e. The molecule has 0 aromatic heterocycles. The van der Waals surface area contributed by atoms with Crippen LogP contribution < -0.4 is 11.1 Å². The summed E-state index contributed by atoms with van der Waals surface area (Å²) in [7, 11) is 0. The number of carbonyl (C=O) groups is 2. The Morgan fingerprint density at radius 3 is 2.42 bits per heavy atom. The molecule has 2 fully saturated rings. The molecule has 1 aliphatic heterocycles. The van der Waals surface area contributed by atoms with Crippen LogP contribution in [0.1, 0.15) is 39.0 Å². The SMILES string of the molecule is CC1CC(CN)(C(=O)NCC(=O)N2CCCCC2)C1. The number of likely N-dealkylation sites (tertiary alicyclic amines) is 1. The van der Waals surface area contributed by atoms with Gasteiger partial charge in [0, 0.05) is 19.6 Å². The minimum atomic E-state index is -0.415. The lowest BCUT2D eigenvalue weighted by molar-refractivity contribution is -0.141. The number of nitrogens with two attached hydrogens (primary N) is 1. The third-order valence-corrected chi connectivity index (χ3v) is 4.46. The summed E-state index contributed by atoms with van der Waals surface area (Å²) < 4.78 is 0. The molecule has 0 aromatic carbocycles. The van der Waals surface area contributed by atoms with Crippen LogP contribution in [0.25, 0.3) is 0 Å². The molecule has 0 atom stereocenters. The van der Waals surface area contributed by atoms with E-state index in [2.05, 4.69) is 12.2 Å². The molecule has 3 N–H and O–H groups in total. The molecule has 1 heterocycles. The van der Waals surface area contributed by atoms with Crippen LogP contribution in [-0.4, -0.2) is 42.9 Å². The number of amides is 2. The number of piperidine rings is 1. The second-order valence-electron chi connectivity index (χ2n) is 6.12. The highest BCUT2D eigenvalue weighted by molar-refractivity contribution is 5.88. The van der Waals surface area contributed by atoms with E-state index >= 15 is 0 Å². The first-order chi connectivity index (χ1) is 9.07. The molecule has 0 aromatic rings. The molecule has 0 bridgehead atoms. The molecule has 1 aliphatic carbocycles. The van der Waals surface area contributed by atoms with Crippen molar-refractivity contribution < 1.29 is 9.59 Å². The van der Waals surface area contributed by atoms with Gasteiger partial charge < -0.3 is 16.0 Å². The molecule has 1 saturated heterocycles. The molecule has 19 heavy (non-hydrogen) atoms. The predicted octanol–water partition coefficient (Wildman–Crippen LogP) is 0.490. The minimum Gasteiger partial charge on any atom is -0.347 e. The summed E-state index contributed by atoms with van der Waals surface area (Å²) in [6, 6.07) is 0. The van der Waals surface area contributed by atoms with Gasteiger partial charge in [-0.1, -0.05) is 6.92 Å². The van der Waals surface area contributed by atoms with E-state index in [9.17, 15) is 9.59 Å². The number of nitrogens with one attached hydrogen (secondary N) is 1. The van der Waals surface area contributed by atoms with Gasteiger partial charge in [-0.2, -0.15) is 0 Å². The van der Waals surface area contributed by atoms with Gasteiger partial charge in [0.2, 0.25) is 11.8 Å². The Labute approximate surface area is 114 Å². The van der Waals surface area contributed by atoms with E-state index in [1.54, 1.807) is 0 Å². The highest BCUT2D eigenvalue weighted by Gasteiger charge is 2.47. The van der Waals surface area contributed by atoms with Gasteiger partial charge in [-0.3, -0.25) is 9.59 Å². The fourth-order valence-corrected chi connectivity index (χ4v) is 3.32. The Morgan fingerprint density at radius 1 is 1.26 bits per heavy atom. The highest BCUT2D eigenvalue weighted by Crippen LogP contribution is 2.44. The second kappa shape index (κ2) is 5.90. The van der Waals surface area contributed by atoms with Gasteiger partial charge >= 0.3 is 0 Å². The third-order valence-electron chi connectivity index (χ3n) is 4.46. The molecule has 2 rings (SSSR count). The lowest BCUT2D eigenvalue weighted by Crippen LogP contribution is -2.55. The number of hydrogen-bond donors (Lipinski definition) is 2. The van der Waals surface area contributed by atoms with Crippen molar-refractivity contribution in [3.63, 3.8) is 0 Å². The molecule has 5 heteroatoms. The summed E-state index contributed by atoms with van der Waals surface area (Å²) in [5.74, 6) is 0.554. The maximum Gasteiger partial charge on any atom is 0.241 e. The molecule has 2 amide bonds. The van der Waals surface area contributed by atoms with E-state index in [1.807, 2.05) is 4.90 Å². The Balaban J connectivity index is 1.78. The summed E-state index contributed by atoms with van der Waals surface area (Å²) in [5.41, 5.74) is 5.31. The minimum absolute atomic E-state index is 0.0348. The van der Waals surface area contributed by atoms with Gasteiger partial charge in [0.1, 0.15) is 0 Å². The van der Waals surface area contributed by atoms with E-state index in [1.165, 1.54) is 6.42 Å². The van der Waals surface area contributed by atoms with E-state index < -0.39 is 5.41 Å². The summed E-state index contributed by atoms with van der Waals surface area (Å²) in [6.45, 7) is 4.28. The zero-order valence-corrected chi connectivity index (χ0v) is 11.8. The van der Waals surface area contributed by atoms with Crippen molar-refractivity contribution in [1.82, 2.24) is 10.2 Å². The number of nitrogens with zero attached hydrogens (tertiary/aromatic N) is 1. The quantitative estimate of drug-likeness (QED) is 0.778. The molecular formula is C14H25N3O2. The van der Waals surface area contributed by atoms with Crippen LogP contribution in [-0.2, 0) is 9.59 Å². The van der Waals surface area contributed by atoms with Crippen molar-refractivity contribution >= 4 is 11.8 Å². The van der Waals surface area contributed by atoms with E-state index in [0.717, 1.165) is 38.8 Å². The normalized spacial score (nSPS) is 30.6. The van der Waals surface area contributed by atoms with Crippen LogP contribution in [0.5, 0.6) is 0 Å². The summed E-state index contributed by atoms with van der Waals surface area (Å²) in [4.78, 5) is 26.0. The molecule has 0 radical (unpaired) electrons. The number of hydrogen-bond acceptors (Lipinski definition) is 3. The first kappa shape index (κ1) is 14.3. The highest BCUT2D eigenvalue weighted by atomic mass is 16.2. The number of carbonyl (C=O) groups excluding carboxylic acids is 2. The van der Waals surface area contributed by atoms with E-state index in [4.69, 9.17) is 5.73 Å². The lowest BCUT2D eigenvalue weighted by atomic mass is 9.62. The topological polar surface area (TPSA) is 75.4 Å². The first-order valence-electron chi connectivity index (χ1n) is 7.33. The van der Waals surface area contributed by atoms with Gasteiger partial charge in [-0.15, -0.1) is 0 Å². The van der Waals surface area contributed by atoms with Crippen LogP contribution >= 0.6 is 0 Å². The second-order valence-corrected chi connectivity index (χ2v) is 6.12. The van der Waals surface area contributed by atoms with Crippen LogP contribution in [0.15, 0.2) is 0 Å². The predicted molar refractivity (Wildman–Crippen MR) is 73.3 cm³/mol. The monoisotopic (exact) mass is 267 g/mol. The Kier molecular flexibility index (Phi) is 4.45. The largest absolute Gasteiger partial charge is 0.347 e. The summed E-state index contributed by atoms with van der Waals surface area (Å²) in [6.07, 6.45) is 5.03. The average Bonchev–Trinajstić information content (AvgIpc) is 2.41. The molecular weight excluding hydrogens is 242 g/mol. The molecule has 1 saturated carbocycles. The number of rotatable bonds is 4. The van der Waals surface area contributed by atoms with Gasteiger partial charge in [-0.05, 0) is 38.0 Å². The van der Waals surface area contributed by atoms with Crippen LogP contribution in [0, 0.1) is 11.3 Å². The zero-order chi connectivity index (χ0) is 13.9. The van der Waals surface area contributed by atoms with Crippen molar-refractivity contribution in [3.8, 4) is 0 Å². The van der Waals surface area contributed by atoms with Crippen molar-refractivity contribution in [3.05, 3.63) is 0 Å². The molecule has 0 unspecified atom stereocenters. The fraction of sp³-hybridized carbons (Fsp3) is 0.857. The van der Waals surface area contributed by atoms with E-state index in [0.29, 0.717) is 12.5 Å². The van der Waals surface area contributed by atoms with Crippen molar-refractivity contribution in [2.45, 2.75) is 39.0 Å². The molecule has 2 aliphatic rings. The average molecular weight is 267 g/mol. The van der Waals surface area contributed by atoms with Crippen LogP contribution in [0.2, 0.25) is 0 Å². The van der Waals surface area contributed by atoms with Crippen molar-refractivity contribution in [2.75, 3.05) is 26.2 Å². The van der Waals surface area contributed by atoms with E-state index in [-0.39, 0.29) is 18.4 Å². The Hall–Kier alpha value is -1.10. The summed E-state index contributed by atoms with van der Waals surface area (Å²) in [5, 5.41) is 2.78. The van der Waals surface area contributed by atoms with Crippen molar-refractivity contribution in [1.29, 1.82) is 0 Å². The van der Waals surface area contributed by atoms with Gasteiger partial charge in [0.15, 0.2) is 0 Å². The maximum atomic E-state index is 12.1. The van der Waals surface area contributed by atoms with Gasteiger partial charge in [0.05, 0.1) is 12.0 Å². The first-order valence-corrected chi connectivity index (χ1v) is 7.33. The van der Waals surface area contributed by atoms with Crippen LogP contribution in [0.4, 0.5) is 0 Å². The zero-order valence-electron chi connectivity index (χ0n) is 11.8. The molecule has 5 nitrogen and oxygen atoms in total. The lowest BCUT2D eigenvalue weighted by Gasteiger charge is -2.44.